The molecule has 4 nitrogen and oxygen atoms in total. The van der Waals surface area contributed by atoms with E-state index in [9.17, 15) is 4.79 Å². The summed E-state index contributed by atoms with van der Waals surface area (Å²) in [6.45, 7) is 5.13. The van der Waals surface area contributed by atoms with Crippen LogP contribution in [0.15, 0.2) is 11.3 Å². The molecule has 22 heavy (non-hydrogen) atoms. The van der Waals surface area contributed by atoms with Gasteiger partial charge in [-0.25, -0.2) is 0 Å². The molecule has 3 rings (SSSR count). The second-order valence-corrected chi connectivity index (χ2v) is 6.98. The standard InChI is InChI=1S/C18H29NO3/c1-4-12-7-6-8-13-14-9-10-22-18(5-2,11-15(20)21-3)17(14)19-16(12)13/h12-13,16,19H,4-11H2,1-3H3. The maximum atomic E-state index is 11.9. The van der Waals surface area contributed by atoms with E-state index in [0.717, 1.165) is 25.4 Å². The fraction of sp³-hybridized carbons (Fsp3) is 0.833. The highest BCUT2D eigenvalue weighted by Crippen LogP contribution is 2.48. The third-order valence-corrected chi connectivity index (χ3v) is 6.07. The van der Waals surface area contributed by atoms with Crippen LogP contribution in [0.25, 0.3) is 0 Å². The Balaban J connectivity index is 1.91. The number of carbonyl (C=O) groups is 1. The molecular formula is C18H29NO3. The number of carbonyl (C=O) groups excluding carboxylic acids is 1. The molecule has 2 aliphatic heterocycles. The Morgan fingerprint density at radius 3 is 2.91 bits per heavy atom. The maximum Gasteiger partial charge on any atom is 0.308 e. The van der Waals surface area contributed by atoms with Gasteiger partial charge in [0.05, 0.1) is 20.1 Å². The highest BCUT2D eigenvalue weighted by molar-refractivity contribution is 5.71. The van der Waals surface area contributed by atoms with E-state index in [1.165, 1.54) is 38.5 Å². The van der Waals surface area contributed by atoms with E-state index in [0.29, 0.717) is 18.4 Å². The molecule has 0 radical (unpaired) electrons. The molecule has 0 saturated heterocycles. The Morgan fingerprint density at radius 1 is 1.41 bits per heavy atom. The number of esters is 1. The molecule has 4 unspecified atom stereocenters. The van der Waals surface area contributed by atoms with Gasteiger partial charge in [-0.05, 0) is 37.2 Å². The monoisotopic (exact) mass is 307 g/mol. The van der Waals surface area contributed by atoms with Crippen LogP contribution in [-0.2, 0) is 14.3 Å². The van der Waals surface area contributed by atoms with Gasteiger partial charge in [0.25, 0.3) is 0 Å². The van der Waals surface area contributed by atoms with E-state index in [2.05, 4.69) is 19.2 Å². The quantitative estimate of drug-likeness (QED) is 0.810. The first-order valence-corrected chi connectivity index (χ1v) is 8.86. The van der Waals surface area contributed by atoms with Crippen molar-refractivity contribution in [1.29, 1.82) is 0 Å². The van der Waals surface area contributed by atoms with Crippen LogP contribution in [0.2, 0.25) is 0 Å². The largest absolute Gasteiger partial charge is 0.469 e. The van der Waals surface area contributed by atoms with Gasteiger partial charge in [-0.1, -0.05) is 26.7 Å². The van der Waals surface area contributed by atoms with Crippen molar-refractivity contribution in [2.45, 2.75) is 70.4 Å². The summed E-state index contributed by atoms with van der Waals surface area (Å²) in [5.41, 5.74) is 2.28. The zero-order valence-electron chi connectivity index (χ0n) is 14.1. The maximum absolute atomic E-state index is 11.9. The van der Waals surface area contributed by atoms with Gasteiger partial charge >= 0.3 is 5.97 Å². The third-order valence-electron chi connectivity index (χ3n) is 6.07. The molecule has 1 fully saturated rings. The Kier molecular flexibility index (Phi) is 4.49. The molecule has 0 aromatic heterocycles. The first kappa shape index (κ1) is 15.9. The lowest BCUT2D eigenvalue weighted by Gasteiger charge is -2.38. The summed E-state index contributed by atoms with van der Waals surface area (Å²) in [6.07, 6.45) is 7.31. The van der Waals surface area contributed by atoms with Gasteiger partial charge in [0.2, 0.25) is 0 Å². The number of rotatable bonds is 4. The zero-order valence-corrected chi connectivity index (χ0v) is 14.1. The minimum atomic E-state index is -0.490. The summed E-state index contributed by atoms with van der Waals surface area (Å²) >= 11 is 0. The van der Waals surface area contributed by atoms with Crippen LogP contribution in [-0.4, -0.2) is 31.3 Å². The van der Waals surface area contributed by atoms with Crippen molar-refractivity contribution in [2.24, 2.45) is 11.8 Å². The SMILES string of the molecule is CCC1CCCC2C3=C(NC12)C(CC)(CC(=O)OC)OCC3. The molecule has 1 saturated carbocycles. The Labute approximate surface area is 133 Å². The van der Waals surface area contributed by atoms with Gasteiger partial charge < -0.3 is 14.8 Å². The van der Waals surface area contributed by atoms with Crippen molar-refractivity contribution in [2.75, 3.05) is 13.7 Å². The van der Waals surface area contributed by atoms with E-state index in [1.54, 1.807) is 5.57 Å². The van der Waals surface area contributed by atoms with Crippen LogP contribution in [0.4, 0.5) is 0 Å². The molecule has 0 bridgehead atoms. The van der Waals surface area contributed by atoms with Crippen molar-refractivity contribution < 1.29 is 14.3 Å². The second-order valence-electron chi connectivity index (χ2n) is 6.98. The van der Waals surface area contributed by atoms with Crippen LogP contribution < -0.4 is 5.32 Å². The van der Waals surface area contributed by atoms with Crippen LogP contribution in [0.1, 0.15) is 58.8 Å². The van der Waals surface area contributed by atoms with Crippen molar-refractivity contribution in [1.82, 2.24) is 5.32 Å². The molecule has 124 valence electrons. The molecule has 0 spiro atoms. The Bertz CT molecular complexity index is 473. The van der Waals surface area contributed by atoms with E-state index in [4.69, 9.17) is 9.47 Å². The van der Waals surface area contributed by atoms with Crippen molar-refractivity contribution in [3.63, 3.8) is 0 Å². The van der Waals surface area contributed by atoms with E-state index in [-0.39, 0.29) is 5.97 Å². The third kappa shape index (κ3) is 2.45. The predicted octanol–water partition coefficient (Wildman–Crippen LogP) is 3.17. The number of methoxy groups -OCH3 is 1. The fourth-order valence-corrected chi connectivity index (χ4v) is 4.81. The Morgan fingerprint density at radius 2 is 2.23 bits per heavy atom. The van der Waals surface area contributed by atoms with Crippen LogP contribution in [0.5, 0.6) is 0 Å². The van der Waals surface area contributed by atoms with E-state index >= 15 is 0 Å². The minimum absolute atomic E-state index is 0.181. The number of ether oxygens (including phenoxy) is 2. The molecule has 1 N–H and O–H groups in total. The number of fused-ring (bicyclic) bond motifs is 2. The average molecular weight is 307 g/mol. The molecular weight excluding hydrogens is 278 g/mol. The van der Waals surface area contributed by atoms with Gasteiger partial charge in [0.1, 0.15) is 5.60 Å². The highest BCUT2D eigenvalue weighted by atomic mass is 16.5. The van der Waals surface area contributed by atoms with Crippen molar-refractivity contribution in [3.05, 3.63) is 11.3 Å². The summed E-state index contributed by atoms with van der Waals surface area (Å²) in [6, 6.07) is 0.550. The summed E-state index contributed by atoms with van der Waals surface area (Å²) in [5.74, 6) is 1.22. The summed E-state index contributed by atoms with van der Waals surface area (Å²) < 4.78 is 11.1. The van der Waals surface area contributed by atoms with Crippen LogP contribution in [0, 0.1) is 11.8 Å². The summed E-state index contributed by atoms with van der Waals surface area (Å²) in [5, 5.41) is 3.81. The van der Waals surface area contributed by atoms with Crippen LogP contribution >= 0.6 is 0 Å². The molecule has 0 aromatic rings. The van der Waals surface area contributed by atoms with Crippen LogP contribution in [0.3, 0.4) is 0 Å². The lowest BCUT2D eigenvalue weighted by molar-refractivity contribution is -0.148. The highest BCUT2D eigenvalue weighted by Gasteiger charge is 2.50. The number of hydrogen-bond donors (Lipinski definition) is 1. The predicted molar refractivity (Wildman–Crippen MR) is 85.3 cm³/mol. The smallest absolute Gasteiger partial charge is 0.308 e. The molecule has 0 amide bonds. The second kappa shape index (κ2) is 6.23. The molecule has 4 atom stereocenters. The van der Waals surface area contributed by atoms with Crippen molar-refractivity contribution in [3.8, 4) is 0 Å². The lowest BCUT2D eigenvalue weighted by Crippen LogP contribution is -2.46. The van der Waals surface area contributed by atoms with Gasteiger partial charge in [0.15, 0.2) is 0 Å². The first-order chi connectivity index (χ1) is 10.6. The summed E-state index contributed by atoms with van der Waals surface area (Å²) in [4.78, 5) is 11.9. The minimum Gasteiger partial charge on any atom is -0.469 e. The van der Waals surface area contributed by atoms with Gasteiger partial charge in [-0.15, -0.1) is 0 Å². The normalized spacial score (nSPS) is 37.3. The molecule has 4 heteroatoms. The summed E-state index contributed by atoms with van der Waals surface area (Å²) in [7, 11) is 1.46. The molecule has 3 aliphatic rings. The average Bonchev–Trinajstić information content (AvgIpc) is 2.94. The lowest BCUT2D eigenvalue weighted by atomic mass is 9.73. The molecule has 2 heterocycles. The topological polar surface area (TPSA) is 47.6 Å². The van der Waals surface area contributed by atoms with Gasteiger partial charge in [-0.2, -0.15) is 0 Å². The van der Waals surface area contributed by atoms with E-state index < -0.39 is 5.60 Å². The fourth-order valence-electron chi connectivity index (χ4n) is 4.81. The zero-order chi connectivity index (χ0) is 15.7. The Hall–Kier alpha value is -1.03. The van der Waals surface area contributed by atoms with Gasteiger partial charge in [-0.3, -0.25) is 4.79 Å². The van der Waals surface area contributed by atoms with E-state index in [1.807, 2.05) is 0 Å². The number of hydrogen-bond acceptors (Lipinski definition) is 4. The molecule has 0 aromatic carbocycles. The first-order valence-electron chi connectivity index (χ1n) is 8.86. The molecule has 1 aliphatic carbocycles. The number of nitrogens with one attached hydrogen (secondary N) is 1. The van der Waals surface area contributed by atoms with Crippen molar-refractivity contribution >= 4 is 5.97 Å². The van der Waals surface area contributed by atoms with Gasteiger partial charge in [0, 0.05) is 17.7 Å².